The van der Waals surface area contributed by atoms with Crippen LogP contribution < -0.4 is 5.32 Å². The first-order valence-electron chi connectivity index (χ1n) is 7.60. The molecule has 1 aromatic carbocycles. The van der Waals surface area contributed by atoms with E-state index in [1.54, 1.807) is 17.0 Å². The van der Waals surface area contributed by atoms with E-state index in [4.69, 9.17) is 4.74 Å². The van der Waals surface area contributed by atoms with Crippen LogP contribution in [-0.2, 0) is 4.74 Å². The largest absolute Gasteiger partial charge is 0.382 e. The van der Waals surface area contributed by atoms with Gasteiger partial charge in [0.15, 0.2) is 0 Å². The van der Waals surface area contributed by atoms with Crippen molar-refractivity contribution < 1.29 is 13.9 Å². The summed E-state index contributed by atoms with van der Waals surface area (Å²) < 4.78 is 19.6. The molecule has 1 heterocycles. The summed E-state index contributed by atoms with van der Waals surface area (Å²) in [6.07, 6.45) is 1.81. The van der Waals surface area contributed by atoms with Gasteiger partial charge in [-0.25, -0.2) is 4.39 Å². The molecule has 1 aromatic rings. The fraction of sp³-hybridized carbons (Fsp3) is 0.562. The average Bonchev–Trinajstić information content (AvgIpc) is 2.53. The lowest BCUT2D eigenvalue weighted by Crippen LogP contribution is -2.45. The summed E-state index contributed by atoms with van der Waals surface area (Å²) in [5.41, 5.74) is 0.712. The zero-order valence-electron chi connectivity index (χ0n) is 12.7. The quantitative estimate of drug-likeness (QED) is 0.908. The number of para-hydroxylation sites is 1. The van der Waals surface area contributed by atoms with Gasteiger partial charge < -0.3 is 15.0 Å². The Morgan fingerprint density at radius 1 is 1.48 bits per heavy atom. The molecule has 1 amide bonds. The van der Waals surface area contributed by atoms with Crippen LogP contribution in [0.4, 0.5) is 10.1 Å². The molecule has 1 aliphatic heterocycles. The number of benzene rings is 1. The first kappa shape index (κ1) is 15.8. The van der Waals surface area contributed by atoms with Crippen LogP contribution in [0.5, 0.6) is 0 Å². The van der Waals surface area contributed by atoms with Gasteiger partial charge in [0.05, 0.1) is 24.0 Å². The second-order valence-corrected chi connectivity index (χ2v) is 5.24. The van der Waals surface area contributed by atoms with E-state index in [1.807, 2.05) is 13.8 Å². The topological polar surface area (TPSA) is 41.6 Å². The molecular formula is C16H23FN2O2. The zero-order valence-corrected chi connectivity index (χ0v) is 12.7. The number of ether oxygens (including phenoxy) is 1. The summed E-state index contributed by atoms with van der Waals surface area (Å²) in [6.45, 7) is 6.34. The number of halogens is 1. The van der Waals surface area contributed by atoms with Crippen LogP contribution in [0.1, 0.15) is 37.0 Å². The zero-order chi connectivity index (χ0) is 15.2. The number of morpholine rings is 1. The third kappa shape index (κ3) is 3.73. The van der Waals surface area contributed by atoms with Crippen molar-refractivity contribution in [2.45, 2.75) is 32.8 Å². The lowest BCUT2D eigenvalue weighted by molar-refractivity contribution is -0.0226. The first-order valence-corrected chi connectivity index (χ1v) is 7.60. The second kappa shape index (κ2) is 7.41. The molecule has 1 unspecified atom stereocenters. The number of carbonyl (C=O) groups is 1. The van der Waals surface area contributed by atoms with Gasteiger partial charge in [-0.05, 0) is 25.0 Å². The molecule has 21 heavy (non-hydrogen) atoms. The Morgan fingerprint density at radius 3 is 3.00 bits per heavy atom. The Balaban J connectivity index is 2.20. The number of hydrogen-bond acceptors (Lipinski definition) is 3. The first-order chi connectivity index (χ1) is 10.2. The maximum atomic E-state index is 14.0. The third-order valence-electron chi connectivity index (χ3n) is 3.68. The Morgan fingerprint density at radius 2 is 2.29 bits per heavy atom. The van der Waals surface area contributed by atoms with E-state index < -0.39 is 0 Å². The fourth-order valence-electron chi connectivity index (χ4n) is 2.45. The minimum Gasteiger partial charge on any atom is -0.382 e. The summed E-state index contributed by atoms with van der Waals surface area (Å²) in [5.74, 6) is -0.510. The number of nitrogens with one attached hydrogen (secondary N) is 1. The highest BCUT2D eigenvalue weighted by atomic mass is 19.1. The Labute approximate surface area is 125 Å². The maximum absolute atomic E-state index is 14.0. The molecule has 5 heteroatoms. The van der Waals surface area contributed by atoms with Crippen LogP contribution in [-0.4, -0.2) is 43.2 Å². The van der Waals surface area contributed by atoms with Gasteiger partial charge >= 0.3 is 0 Å². The van der Waals surface area contributed by atoms with Crippen molar-refractivity contribution >= 4 is 11.6 Å². The monoisotopic (exact) mass is 294 g/mol. The SMILES string of the molecule is CCCNc1c(F)cccc1C(=O)N1CCOC(CC)C1. The van der Waals surface area contributed by atoms with Crippen molar-refractivity contribution in [1.29, 1.82) is 0 Å². The average molecular weight is 294 g/mol. The minimum absolute atomic E-state index is 0.0725. The molecule has 0 spiro atoms. The van der Waals surface area contributed by atoms with E-state index in [1.165, 1.54) is 6.07 Å². The summed E-state index contributed by atoms with van der Waals surface area (Å²) in [5, 5.41) is 3.02. The van der Waals surface area contributed by atoms with Crippen molar-refractivity contribution in [3.05, 3.63) is 29.6 Å². The Kier molecular flexibility index (Phi) is 5.56. The second-order valence-electron chi connectivity index (χ2n) is 5.24. The van der Waals surface area contributed by atoms with Crippen LogP contribution in [0.25, 0.3) is 0 Å². The molecule has 1 saturated heterocycles. The molecule has 1 atom stereocenters. The highest BCUT2D eigenvalue weighted by molar-refractivity contribution is 5.99. The standard InChI is InChI=1S/C16H23FN2O2/c1-3-8-18-15-13(6-5-7-14(15)17)16(20)19-9-10-21-12(4-2)11-19/h5-7,12,18H,3-4,8-11H2,1-2H3. The summed E-state index contributed by atoms with van der Waals surface area (Å²) >= 11 is 0. The summed E-state index contributed by atoms with van der Waals surface area (Å²) in [6, 6.07) is 4.64. The van der Waals surface area contributed by atoms with Crippen molar-refractivity contribution in [3.8, 4) is 0 Å². The molecule has 0 saturated carbocycles. The Bertz CT molecular complexity index is 493. The van der Waals surface area contributed by atoms with Crippen molar-refractivity contribution in [1.82, 2.24) is 4.90 Å². The Hall–Kier alpha value is -1.62. The summed E-state index contributed by atoms with van der Waals surface area (Å²) in [4.78, 5) is 14.4. The smallest absolute Gasteiger partial charge is 0.256 e. The van der Waals surface area contributed by atoms with Gasteiger partial charge in [-0.15, -0.1) is 0 Å². The van der Waals surface area contributed by atoms with Crippen molar-refractivity contribution in [2.75, 3.05) is 31.6 Å². The van der Waals surface area contributed by atoms with Gasteiger partial charge in [0.25, 0.3) is 5.91 Å². The van der Waals surface area contributed by atoms with Crippen LogP contribution in [0.3, 0.4) is 0 Å². The molecule has 0 bridgehead atoms. The molecule has 1 fully saturated rings. The van der Waals surface area contributed by atoms with Gasteiger partial charge in [0.1, 0.15) is 5.82 Å². The molecular weight excluding hydrogens is 271 g/mol. The minimum atomic E-state index is -0.380. The normalized spacial score (nSPS) is 18.6. The van der Waals surface area contributed by atoms with E-state index in [0.29, 0.717) is 37.5 Å². The number of amides is 1. The van der Waals surface area contributed by atoms with E-state index in [0.717, 1.165) is 12.8 Å². The number of hydrogen-bond donors (Lipinski definition) is 1. The predicted octanol–water partition coefficient (Wildman–Crippen LogP) is 2.90. The molecule has 0 radical (unpaired) electrons. The fourth-order valence-corrected chi connectivity index (χ4v) is 2.45. The van der Waals surface area contributed by atoms with E-state index >= 15 is 0 Å². The van der Waals surface area contributed by atoms with E-state index in [2.05, 4.69) is 5.32 Å². The number of anilines is 1. The van der Waals surface area contributed by atoms with Gasteiger partial charge in [0.2, 0.25) is 0 Å². The molecule has 116 valence electrons. The molecule has 4 nitrogen and oxygen atoms in total. The maximum Gasteiger partial charge on any atom is 0.256 e. The lowest BCUT2D eigenvalue weighted by atomic mass is 10.1. The van der Waals surface area contributed by atoms with Crippen LogP contribution in [0, 0.1) is 5.82 Å². The summed E-state index contributed by atoms with van der Waals surface area (Å²) in [7, 11) is 0. The van der Waals surface area contributed by atoms with Gasteiger partial charge in [-0.1, -0.05) is 19.9 Å². The van der Waals surface area contributed by atoms with Gasteiger partial charge in [-0.3, -0.25) is 4.79 Å². The molecule has 0 aromatic heterocycles. The van der Waals surface area contributed by atoms with E-state index in [-0.39, 0.29) is 17.8 Å². The lowest BCUT2D eigenvalue weighted by Gasteiger charge is -2.33. The van der Waals surface area contributed by atoms with Crippen LogP contribution >= 0.6 is 0 Å². The van der Waals surface area contributed by atoms with Crippen LogP contribution in [0.15, 0.2) is 18.2 Å². The van der Waals surface area contributed by atoms with E-state index in [9.17, 15) is 9.18 Å². The molecule has 1 aliphatic rings. The van der Waals surface area contributed by atoms with Crippen molar-refractivity contribution in [2.24, 2.45) is 0 Å². The van der Waals surface area contributed by atoms with Crippen molar-refractivity contribution in [3.63, 3.8) is 0 Å². The number of nitrogens with zero attached hydrogens (tertiary/aromatic N) is 1. The molecule has 1 N–H and O–H groups in total. The number of carbonyl (C=O) groups excluding carboxylic acids is 1. The predicted molar refractivity (Wildman–Crippen MR) is 81.1 cm³/mol. The van der Waals surface area contributed by atoms with Gasteiger partial charge in [-0.2, -0.15) is 0 Å². The third-order valence-corrected chi connectivity index (χ3v) is 3.68. The molecule has 2 rings (SSSR count). The van der Waals surface area contributed by atoms with Gasteiger partial charge in [0, 0.05) is 19.6 Å². The van der Waals surface area contributed by atoms with Crippen LogP contribution in [0.2, 0.25) is 0 Å². The number of rotatable bonds is 5. The highest BCUT2D eigenvalue weighted by Gasteiger charge is 2.26. The highest BCUT2D eigenvalue weighted by Crippen LogP contribution is 2.23. The molecule has 0 aliphatic carbocycles.